The summed E-state index contributed by atoms with van der Waals surface area (Å²) < 4.78 is 37.0. The van der Waals surface area contributed by atoms with Crippen molar-refractivity contribution in [2.24, 2.45) is 10.8 Å². The SMILES string of the molecule is CN=C(NN)c1cccc(C(F)(F)F)c1. The maximum absolute atomic E-state index is 12.3. The zero-order valence-corrected chi connectivity index (χ0v) is 7.97. The van der Waals surface area contributed by atoms with Crippen LogP contribution in [0.2, 0.25) is 0 Å². The van der Waals surface area contributed by atoms with E-state index in [9.17, 15) is 13.2 Å². The van der Waals surface area contributed by atoms with Crippen LogP contribution in [0.15, 0.2) is 29.3 Å². The second-order valence-corrected chi connectivity index (χ2v) is 2.80. The van der Waals surface area contributed by atoms with E-state index in [0.717, 1.165) is 12.1 Å². The first-order valence-corrected chi connectivity index (χ1v) is 4.10. The van der Waals surface area contributed by atoms with Gasteiger partial charge in [0.2, 0.25) is 0 Å². The summed E-state index contributed by atoms with van der Waals surface area (Å²) in [6.07, 6.45) is -4.36. The number of benzene rings is 1. The molecule has 1 aromatic rings. The zero-order valence-electron chi connectivity index (χ0n) is 7.97. The van der Waals surface area contributed by atoms with Crippen LogP contribution in [0.3, 0.4) is 0 Å². The molecule has 15 heavy (non-hydrogen) atoms. The van der Waals surface area contributed by atoms with Crippen molar-refractivity contribution in [3.63, 3.8) is 0 Å². The first kappa shape index (κ1) is 11.5. The molecule has 0 spiro atoms. The Morgan fingerprint density at radius 2 is 2.07 bits per heavy atom. The topological polar surface area (TPSA) is 50.4 Å². The third kappa shape index (κ3) is 2.69. The molecule has 6 heteroatoms. The first-order chi connectivity index (χ1) is 6.99. The van der Waals surface area contributed by atoms with Gasteiger partial charge in [-0.3, -0.25) is 4.99 Å². The Kier molecular flexibility index (Phi) is 3.31. The van der Waals surface area contributed by atoms with Crippen LogP contribution >= 0.6 is 0 Å². The highest BCUT2D eigenvalue weighted by Crippen LogP contribution is 2.29. The van der Waals surface area contributed by atoms with Gasteiger partial charge in [0.1, 0.15) is 5.84 Å². The third-order valence-corrected chi connectivity index (χ3v) is 1.82. The molecule has 0 atom stereocenters. The molecule has 3 N–H and O–H groups in total. The summed E-state index contributed by atoms with van der Waals surface area (Å²) in [5.74, 6) is 5.32. The molecule has 0 fully saturated rings. The van der Waals surface area contributed by atoms with E-state index in [0.29, 0.717) is 5.56 Å². The van der Waals surface area contributed by atoms with Crippen molar-refractivity contribution >= 4 is 5.84 Å². The number of hydrazine groups is 1. The molecule has 0 bridgehead atoms. The Bertz CT molecular complexity index is 371. The fraction of sp³-hybridized carbons (Fsp3) is 0.222. The maximum atomic E-state index is 12.3. The summed E-state index contributed by atoms with van der Waals surface area (Å²) in [5.41, 5.74) is 1.80. The number of amidine groups is 1. The van der Waals surface area contributed by atoms with Crippen LogP contribution in [0.25, 0.3) is 0 Å². The standard InChI is InChI=1S/C9H10F3N3/c1-14-8(15-13)6-3-2-4-7(5-6)9(10,11)12/h2-5H,13H2,1H3,(H,14,15). The van der Waals surface area contributed by atoms with Gasteiger partial charge in [-0.15, -0.1) is 0 Å². The van der Waals surface area contributed by atoms with Gasteiger partial charge in [0.05, 0.1) is 5.56 Å². The summed E-state index contributed by atoms with van der Waals surface area (Å²) >= 11 is 0. The molecule has 0 amide bonds. The number of rotatable bonds is 1. The van der Waals surface area contributed by atoms with E-state index in [-0.39, 0.29) is 5.84 Å². The van der Waals surface area contributed by atoms with Crippen LogP contribution in [0.5, 0.6) is 0 Å². The van der Waals surface area contributed by atoms with Crippen LogP contribution in [-0.2, 0) is 6.18 Å². The first-order valence-electron chi connectivity index (χ1n) is 4.10. The Morgan fingerprint density at radius 3 is 2.53 bits per heavy atom. The van der Waals surface area contributed by atoms with Crippen molar-refractivity contribution in [3.8, 4) is 0 Å². The molecule has 0 aromatic heterocycles. The average Bonchev–Trinajstić information content (AvgIpc) is 2.19. The minimum Gasteiger partial charge on any atom is -0.308 e. The molecular weight excluding hydrogens is 207 g/mol. The van der Waals surface area contributed by atoms with Gasteiger partial charge >= 0.3 is 6.18 Å². The molecule has 0 unspecified atom stereocenters. The number of aliphatic imine (C=N–C) groups is 1. The monoisotopic (exact) mass is 217 g/mol. The second kappa shape index (κ2) is 4.31. The summed E-state index contributed by atoms with van der Waals surface area (Å²) in [4.78, 5) is 3.71. The fourth-order valence-electron chi connectivity index (χ4n) is 1.12. The summed E-state index contributed by atoms with van der Waals surface area (Å²) in [6, 6.07) is 4.79. The Labute approximate surface area is 84.8 Å². The quantitative estimate of drug-likeness (QED) is 0.324. The third-order valence-electron chi connectivity index (χ3n) is 1.82. The highest BCUT2D eigenvalue weighted by molar-refractivity contribution is 5.98. The molecule has 3 nitrogen and oxygen atoms in total. The molecule has 1 aromatic carbocycles. The minimum absolute atomic E-state index is 0.209. The van der Waals surface area contributed by atoms with Gasteiger partial charge in [-0.25, -0.2) is 5.84 Å². The van der Waals surface area contributed by atoms with Gasteiger partial charge in [-0.05, 0) is 12.1 Å². The minimum atomic E-state index is -4.36. The molecule has 1 rings (SSSR count). The molecule has 0 heterocycles. The molecule has 0 radical (unpaired) electrons. The number of hydrogen-bond acceptors (Lipinski definition) is 2. The van der Waals surface area contributed by atoms with Crippen LogP contribution in [-0.4, -0.2) is 12.9 Å². The van der Waals surface area contributed by atoms with Gasteiger partial charge < -0.3 is 5.43 Å². The van der Waals surface area contributed by atoms with Crippen LogP contribution in [0, 0.1) is 0 Å². The van der Waals surface area contributed by atoms with Gasteiger partial charge in [0.25, 0.3) is 0 Å². The maximum Gasteiger partial charge on any atom is 0.416 e. The molecule has 0 aliphatic carbocycles. The van der Waals surface area contributed by atoms with Crippen molar-refractivity contribution in [2.45, 2.75) is 6.18 Å². The lowest BCUT2D eigenvalue weighted by Gasteiger charge is -2.09. The normalized spacial score (nSPS) is 12.7. The highest BCUT2D eigenvalue weighted by Gasteiger charge is 2.30. The summed E-state index contributed by atoms with van der Waals surface area (Å²) in [5, 5.41) is 0. The van der Waals surface area contributed by atoms with Crippen LogP contribution in [0.1, 0.15) is 11.1 Å². The van der Waals surface area contributed by atoms with Gasteiger partial charge in [-0.1, -0.05) is 12.1 Å². The molecule has 82 valence electrons. The van der Waals surface area contributed by atoms with Crippen molar-refractivity contribution in [1.82, 2.24) is 5.43 Å². The predicted molar refractivity (Wildman–Crippen MR) is 51.2 cm³/mol. The van der Waals surface area contributed by atoms with E-state index >= 15 is 0 Å². The lowest BCUT2D eigenvalue weighted by Crippen LogP contribution is -2.31. The Balaban J connectivity index is 3.14. The predicted octanol–water partition coefficient (Wildman–Crippen LogP) is 1.55. The Morgan fingerprint density at radius 1 is 1.40 bits per heavy atom. The largest absolute Gasteiger partial charge is 0.416 e. The van der Waals surface area contributed by atoms with Gasteiger partial charge in [-0.2, -0.15) is 13.2 Å². The molecule has 0 aliphatic heterocycles. The smallest absolute Gasteiger partial charge is 0.308 e. The van der Waals surface area contributed by atoms with E-state index in [1.54, 1.807) is 0 Å². The van der Waals surface area contributed by atoms with Crippen molar-refractivity contribution in [1.29, 1.82) is 0 Å². The number of halogens is 3. The van der Waals surface area contributed by atoms with Crippen LogP contribution in [0.4, 0.5) is 13.2 Å². The molecule has 0 saturated heterocycles. The van der Waals surface area contributed by atoms with Crippen LogP contribution < -0.4 is 11.3 Å². The number of nitrogens with zero attached hydrogens (tertiary/aromatic N) is 1. The lowest BCUT2D eigenvalue weighted by atomic mass is 10.1. The van der Waals surface area contributed by atoms with E-state index in [1.807, 2.05) is 0 Å². The second-order valence-electron chi connectivity index (χ2n) is 2.80. The Hall–Kier alpha value is -1.56. The fourth-order valence-corrected chi connectivity index (χ4v) is 1.12. The van der Waals surface area contributed by atoms with E-state index in [1.165, 1.54) is 19.2 Å². The highest BCUT2D eigenvalue weighted by atomic mass is 19.4. The average molecular weight is 217 g/mol. The summed E-state index contributed by atoms with van der Waals surface area (Å²) in [6.45, 7) is 0. The van der Waals surface area contributed by atoms with Crippen molar-refractivity contribution in [3.05, 3.63) is 35.4 Å². The van der Waals surface area contributed by atoms with Gasteiger partial charge in [0, 0.05) is 12.6 Å². The van der Waals surface area contributed by atoms with E-state index in [4.69, 9.17) is 5.84 Å². The summed E-state index contributed by atoms with van der Waals surface area (Å²) in [7, 11) is 1.44. The molecular formula is C9H10F3N3. The lowest BCUT2D eigenvalue weighted by molar-refractivity contribution is -0.137. The van der Waals surface area contributed by atoms with Crippen molar-refractivity contribution in [2.75, 3.05) is 7.05 Å². The molecule has 0 saturated carbocycles. The van der Waals surface area contributed by atoms with Crippen molar-refractivity contribution < 1.29 is 13.2 Å². The molecule has 0 aliphatic rings. The van der Waals surface area contributed by atoms with Gasteiger partial charge in [0.15, 0.2) is 0 Å². The number of alkyl halides is 3. The zero-order chi connectivity index (χ0) is 11.5. The number of hydrogen-bond donors (Lipinski definition) is 2. The van der Waals surface area contributed by atoms with E-state index < -0.39 is 11.7 Å². The number of nitrogens with two attached hydrogens (primary N) is 1. The number of nitrogens with one attached hydrogen (secondary N) is 1. The van der Waals surface area contributed by atoms with E-state index in [2.05, 4.69) is 10.4 Å².